The van der Waals surface area contributed by atoms with E-state index in [4.69, 9.17) is 0 Å². The Morgan fingerprint density at radius 1 is 1.29 bits per heavy atom. The van der Waals surface area contributed by atoms with E-state index in [2.05, 4.69) is 56.6 Å². The van der Waals surface area contributed by atoms with E-state index in [9.17, 15) is 5.11 Å². The van der Waals surface area contributed by atoms with Gasteiger partial charge in [0.15, 0.2) is 0 Å². The highest BCUT2D eigenvalue weighted by Crippen LogP contribution is 2.20. The standard InChI is InChI=1S/C14H23NOS/c1-11(15-9-14(2,3)10-16)12-5-7-13(17-4)8-6-12/h5-8,11,15-16H,9-10H2,1-4H3. The maximum absolute atomic E-state index is 9.20. The first-order valence-electron chi connectivity index (χ1n) is 5.97. The van der Waals surface area contributed by atoms with Crippen molar-refractivity contribution in [3.05, 3.63) is 29.8 Å². The van der Waals surface area contributed by atoms with E-state index in [-0.39, 0.29) is 12.0 Å². The molecule has 1 rings (SSSR count). The van der Waals surface area contributed by atoms with Crippen LogP contribution in [-0.4, -0.2) is 24.5 Å². The third kappa shape index (κ3) is 4.70. The van der Waals surface area contributed by atoms with Crippen molar-refractivity contribution in [3.8, 4) is 0 Å². The first-order valence-corrected chi connectivity index (χ1v) is 7.19. The average molecular weight is 253 g/mol. The summed E-state index contributed by atoms with van der Waals surface area (Å²) < 4.78 is 0. The SMILES string of the molecule is CSc1ccc(C(C)NCC(C)(C)CO)cc1. The molecule has 0 aromatic heterocycles. The first kappa shape index (κ1) is 14.6. The van der Waals surface area contributed by atoms with Crippen LogP contribution in [0.5, 0.6) is 0 Å². The Kier molecular flexibility index (Phi) is 5.50. The number of hydrogen-bond donors (Lipinski definition) is 2. The molecule has 0 saturated heterocycles. The van der Waals surface area contributed by atoms with Crippen LogP contribution in [0.3, 0.4) is 0 Å². The number of thioether (sulfide) groups is 1. The van der Waals surface area contributed by atoms with E-state index in [1.165, 1.54) is 10.5 Å². The average Bonchev–Trinajstić information content (AvgIpc) is 2.36. The lowest BCUT2D eigenvalue weighted by Gasteiger charge is -2.25. The van der Waals surface area contributed by atoms with Gasteiger partial charge in [0.1, 0.15) is 0 Å². The minimum atomic E-state index is -0.0620. The molecule has 17 heavy (non-hydrogen) atoms. The van der Waals surface area contributed by atoms with Crippen LogP contribution < -0.4 is 5.32 Å². The van der Waals surface area contributed by atoms with Crippen LogP contribution in [0.25, 0.3) is 0 Å². The van der Waals surface area contributed by atoms with Gasteiger partial charge in [-0.3, -0.25) is 0 Å². The lowest BCUT2D eigenvalue weighted by molar-refractivity contribution is 0.154. The predicted octanol–water partition coefficient (Wildman–Crippen LogP) is 3.08. The molecule has 0 radical (unpaired) electrons. The van der Waals surface area contributed by atoms with Crippen molar-refractivity contribution in [2.24, 2.45) is 5.41 Å². The molecular weight excluding hydrogens is 230 g/mol. The largest absolute Gasteiger partial charge is 0.396 e. The second-order valence-electron chi connectivity index (χ2n) is 5.20. The summed E-state index contributed by atoms with van der Waals surface area (Å²) in [6, 6.07) is 8.94. The minimum Gasteiger partial charge on any atom is -0.396 e. The van der Waals surface area contributed by atoms with Crippen molar-refractivity contribution in [3.63, 3.8) is 0 Å². The van der Waals surface area contributed by atoms with E-state index < -0.39 is 0 Å². The molecule has 1 aromatic rings. The van der Waals surface area contributed by atoms with E-state index >= 15 is 0 Å². The molecule has 1 atom stereocenters. The fourth-order valence-corrected chi connectivity index (χ4v) is 1.90. The van der Waals surface area contributed by atoms with Gasteiger partial charge in [-0.25, -0.2) is 0 Å². The number of hydrogen-bond acceptors (Lipinski definition) is 3. The van der Waals surface area contributed by atoms with E-state index in [0.29, 0.717) is 6.04 Å². The van der Waals surface area contributed by atoms with Crippen LogP contribution in [0.4, 0.5) is 0 Å². The molecule has 0 amide bonds. The molecule has 2 nitrogen and oxygen atoms in total. The molecule has 0 bridgehead atoms. The van der Waals surface area contributed by atoms with E-state index in [0.717, 1.165) is 6.54 Å². The van der Waals surface area contributed by atoms with Crippen LogP contribution in [0.15, 0.2) is 29.2 Å². The fourth-order valence-electron chi connectivity index (χ4n) is 1.50. The van der Waals surface area contributed by atoms with Crippen LogP contribution in [-0.2, 0) is 0 Å². The molecule has 1 unspecified atom stereocenters. The second-order valence-corrected chi connectivity index (χ2v) is 6.08. The number of rotatable bonds is 6. The summed E-state index contributed by atoms with van der Waals surface area (Å²) in [4.78, 5) is 1.29. The quantitative estimate of drug-likeness (QED) is 0.764. The van der Waals surface area contributed by atoms with Crippen molar-refractivity contribution in [2.75, 3.05) is 19.4 Å². The zero-order valence-corrected chi connectivity index (χ0v) is 12.0. The minimum absolute atomic E-state index is 0.0620. The van der Waals surface area contributed by atoms with Gasteiger partial charge < -0.3 is 10.4 Å². The number of nitrogens with one attached hydrogen (secondary N) is 1. The maximum Gasteiger partial charge on any atom is 0.0494 e. The van der Waals surface area contributed by atoms with Gasteiger partial charge in [-0.1, -0.05) is 26.0 Å². The van der Waals surface area contributed by atoms with E-state index in [1.807, 2.05) is 0 Å². The normalized spacial score (nSPS) is 13.7. The molecule has 0 fully saturated rings. The summed E-state index contributed by atoms with van der Waals surface area (Å²) >= 11 is 1.76. The second kappa shape index (κ2) is 6.43. The van der Waals surface area contributed by atoms with Gasteiger partial charge >= 0.3 is 0 Å². The number of aliphatic hydroxyl groups is 1. The smallest absolute Gasteiger partial charge is 0.0494 e. The van der Waals surface area contributed by atoms with Crippen LogP contribution >= 0.6 is 11.8 Å². The summed E-state index contributed by atoms with van der Waals surface area (Å²) in [6.07, 6.45) is 2.08. The van der Waals surface area contributed by atoms with Crippen molar-refractivity contribution in [2.45, 2.75) is 31.7 Å². The van der Waals surface area contributed by atoms with Crippen molar-refractivity contribution in [1.29, 1.82) is 0 Å². The highest BCUT2D eigenvalue weighted by Gasteiger charge is 2.17. The highest BCUT2D eigenvalue weighted by atomic mass is 32.2. The summed E-state index contributed by atoms with van der Waals surface area (Å²) in [5, 5.41) is 12.7. The Bertz CT molecular complexity index is 335. The van der Waals surface area contributed by atoms with Crippen LogP contribution in [0, 0.1) is 5.41 Å². The molecule has 0 saturated carbocycles. The Hall–Kier alpha value is -0.510. The topological polar surface area (TPSA) is 32.3 Å². The summed E-state index contributed by atoms with van der Waals surface area (Å²) in [5.41, 5.74) is 1.23. The lowest BCUT2D eigenvalue weighted by atomic mass is 9.94. The van der Waals surface area contributed by atoms with Crippen molar-refractivity contribution < 1.29 is 5.11 Å². The summed E-state index contributed by atoms with van der Waals surface area (Å²) in [5.74, 6) is 0. The van der Waals surface area contributed by atoms with Gasteiger partial charge in [0, 0.05) is 29.5 Å². The Balaban J connectivity index is 2.54. The van der Waals surface area contributed by atoms with E-state index in [1.54, 1.807) is 11.8 Å². The fraction of sp³-hybridized carbons (Fsp3) is 0.571. The molecule has 0 aliphatic carbocycles. The molecule has 96 valence electrons. The monoisotopic (exact) mass is 253 g/mol. The van der Waals surface area contributed by atoms with Crippen molar-refractivity contribution in [1.82, 2.24) is 5.32 Å². The van der Waals surface area contributed by atoms with Gasteiger partial charge in [-0.05, 0) is 30.9 Å². The van der Waals surface area contributed by atoms with Gasteiger partial charge in [-0.2, -0.15) is 0 Å². The summed E-state index contributed by atoms with van der Waals surface area (Å²) in [6.45, 7) is 7.29. The Labute approximate surface area is 109 Å². The molecule has 0 aliphatic rings. The highest BCUT2D eigenvalue weighted by molar-refractivity contribution is 7.98. The number of aliphatic hydroxyl groups excluding tert-OH is 1. The lowest BCUT2D eigenvalue weighted by Crippen LogP contribution is -2.33. The summed E-state index contributed by atoms with van der Waals surface area (Å²) in [7, 11) is 0. The maximum atomic E-state index is 9.20. The Morgan fingerprint density at radius 3 is 2.35 bits per heavy atom. The number of benzene rings is 1. The molecule has 2 N–H and O–H groups in total. The predicted molar refractivity (Wildman–Crippen MR) is 75.5 cm³/mol. The first-order chi connectivity index (χ1) is 7.98. The van der Waals surface area contributed by atoms with Crippen LogP contribution in [0.1, 0.15) is 32.4 Å². The Morgan fingerprint density at radius 2 is 1.88 bits per heavy atom. The van der Waals surface area contributed by atoms with Gasteiger partial charge in [0.2, 0.25) is 0 Å². The van der Waals surface area contributed by atoms with Crippen LogP contribution in [0.2, 0.25) is 0 Å². The molecule has 3 heteroatoms. The van der Waals surface area contributed by atoms with Gasteiger partial charge in [-0.15, -0.1) is 11.8 Å². The zero-order valence-electron chi connectivity index (χ0n) is 11.2. The molecule has 1 aromatic carbocycles. The van der Waals surface area contributed by atoms with Gasteiger partial charge in [0.05, 0.1) is 0 Å². The van der Waals surface area contributed by atoms with Crippen molar-refractivity contribution >= 4 is 11.8 Å². The third-order valence-corrected chi connectivity index (χ3v) is 3.67. The molecule has 0 heterocycles. The van der Waals surface area contributed by atoms with Gasteiger partial charge in [0.25, 0.3) is 0 Å². The third-order valence-electron chi connectivity index (χ3n) is 2.93. The molecular formula is C14H23NOS. The molecule has 0 spiro atoms. The zero-order chi connectivity index (χ0) is 12.9. The molecule has 0 aliphatic heterocycles.